The molecule has 2 heterocycles. The third kappa shape index (κ3) is 3.45. The van der Waals surface area contributed by atoms with E-state index in [-0.39, 0.29) is 20.1 Å². The number of aromatic nitrogens is 1. The fraction of sp³-hybridized carbons (Fsp3) is 0.100. The quantitative estimate of drug-likeness (QED) is 0.773. The molecule has 25 heavy (non-hydrogen) atoms. The van der Waals surface area contributed by atoms with Gasteiger partial charge in [-0.1, -0.05) is 31.7 Å². The molecule has 0 unspecified atom stereocenters. The molecule has 1 aliphatic rings. The van der Waals surface area contributed by atoms with E-state index in [0.717, 1.165) is 22.6 Å². The SMILES string of the molecule is C.O=C(Nc1ccccc1)c1cncc(-c2ccc3c(c2)OCO3)c1. The summed E-state index contributed by atoms with van der Waals surface area (Å²) in [7, 11) is 0. The monoisotopic (exact) mass is 334 g/mol. The highest BCUT2D eigenvalue weighted by Gasteiger charge is 2.15. The molecule has 0 atom stereocenters. The van der Waals surface area contributed by atoms with E-state index in [0.29, 0.717) is 11.3 Å². The summed E-state index contributed by atoms with van der Waals surface area (Å²) >= 11 is 0. The molecule has 0 aliphatic carbocycles. The second-order valence-corrected chi connectivity index (χ2v) is 5.35. The lowest BCUT2D eigenvalue weighted by atomic mass is 10.1. The molecule has 0 saturated heterocycles. The van der Waals surface area contributed by atoms with Crippen LogP contribution in [0.2, 0.25) is 0 Å². The summed E-state index contributed by atoms with van der Waals surface area (Å²) in [5.41, 5.74) is 3.00. The molecule has 0 saturated carbocycles. The second kappa shape index (κ2) is 7.05. The molecule has 0 radical (unpaired) electrons. The van der Waals surface area contributed by atoms with E-state index >= 15 is 0 Å². The molecule has 5 heteroatoms. The van der Waals surface area contributed by atoms with Crippen molar-refractivity contribution >= 4 is 11.6 Å². The van der Waals surface area contributed by atoms with Crippen LogP contribution < -0.4 is 14.8 Å². The Morgan fingerprint density at radius 3 is 2.56 bits per heavy atom. The predicted octanol–water partition coefficient (Wildman–Crippen LogP) is 4.37. The van der Waals surface area contributed by atoms with E-state index in [1.54, 1.807) is 12.4 Å². The Bertz CT molecular complexity index is 894. The van der Waals surface area contributed by atoms with Gasteiger partial charge in [-0.25, -0.2) is 0 Å². The van der Waals surface area contributed by atoms with E-state index in [1.165, 1.54) is 0 Å². The van der Waals surface area contributed by atoms with Gasteiger partial charge in [-0.05, 0) is 35.9 Å². The fourth-order valence-corrected chi connectivity index (χ4v) is 2.52. The Morgan fingerprint density at radius 1 is 0.920 bits per heavy atom. The highest BCUT2D eigenvalue weighted by molar-refractivity contribution is 6.04. The van der Waals surface area contributed by atoms with Crippen molar-refractivity contribution < 1.29 is 14.3 Å². The van der Waals surface area contributed by atoms with Crippen LogP contribution in [-0.2, 0) is 0 Å². The number of benzene rings is 2. The normalized spacial score (nSPS) is 11.5. The van der Waals surface area contributed by atoms with Gasteiger partial charge in [0, 0.05) is 23.6 Å². The molecular weight excluding hydrogens is 316 g/mol. The van der Waals surface area contributed by atoms with Gasteiger partial charge in [0.2, 0.25) is 6.79 Å². The van der Waals surface area contributed by atoms with E-state index in [1.807, 2.05) is 54.6 Å². The lowest BCUT2D eigenvalue weighted by Gasteiger charge is -2.07. The third-order valence-corrected chi connectivity index (χ3v) is 3.74. The Kier molecular flexibility index (Phi) is 4.66. The number of para-hydroxylation sites is 1. The molecule has 0 fully saturated rings. The number of pyridine rings is 1. The van der Waals surface area contributed by atoms with Crippen molar-refractivity contribution in [2.45, 2.75) is 7.43 Å². The third-order valence-electron chi connectivity index (χ3n) is 3.74. The molecule has 126 valence electrons. The van der Waals surface area contributed by atoms with Crippen molar-refractivity contribution in [2.75, 3.05) is 12.1 Å². The average molecular weight is 334 g/mol. The summed E-state index contributed by atoms with van der Waals surface area (Å²) in [5.74, 6) is 1.23. The number of nitrogens with one attached hydrogen (secondary N) is 1. The molecule has 1 N–H and O–H groups in total. The number of anilines is 1. The first kappa shape index (κ1) is 16.5. The number of carbonyl (C=O) groups excluding carboxylic acids is 1. The molecule has 2 aromatic carbocycles. The Labute approximate surface area is 146 Å². The van der Waals surface area contributed by atoms with Crippen molar-refractivity contribution in [2.24, 2.45) is 0 Å². The Morgan fingerprint density at radius 2 is 1.72 bits per heavy atom. The summed E-state index contributed by atoms with van der Waals surface area (Å²) in [6, 6.07) is 16.8. The molecule has 5 nitrogen and oxygen atoms in total. The zero-order valence-electron chi connectivity index (χ0n) is 12.7. The second-order valence-electron chi connectivity index (χ2n) is 5.35. The van der Waals surface area contributed by atoms with Crippen molar-refractivity contribution in [3.8, 4) is 22.6 Å². The molecule has 1 amide bonds. The van der Waals surface area contributed by atoms with E-state index in [4.69, 9.17) is 9.47 Å². The van der Waals surface area contributed by atoms with Gasteiger partial charge in [-0.3, -0.25) is 9.78 Å². The highest BCUT2D eigenvalue weighted by Crippen LogP contribution is 2.35. The van der Waals surface area contributed by atoms with Crippen molar-refractivity contribution in [1.29, 1.82) is 0 Å². The van der Waals surface area contributed by atoms with Gasteiger partial charge in [0.1, 0.15) is 0 Å². The molecule has 1 aromatic heterocycles. The van der Waals surface area contributed by atoms with Crippen molar-refractivity contribution in [3.05, 3.63) is 72.6 Å². The van der Waals surface area contributed by atoms with Crippen LogP contribution in [0.1, 0.15) is 17.8 Å². The van der Waals surface area contributed by atoms with Crippen LogP contribution in [0, 0.1) is 0 Å². The van der Waals surface area contributed by atoms with Crippen LogP contribution >= 0.6 is 0 Å². The summed E-state index contributed by atoms with van der Waals surface area (Å²) in [4.78, 5) is 16.6. The number of fused-ring (bicyclic) bond motifs is 1. The van der Waals surface area contributed by atoms with Crippen LogP contribution in [0.3, 0.4) is 0 Å². The minimum Gasteiger partial charge on any atom is -0.454 e. The Hall–Kier alpha value is -3.34. The molecular formula is C20H18N2O3. The first-order chi connectivity index (χ1) is 11.8. The maximum Gasteiger partial charge on any atom is 0.257 e. The Balaban J connectivity index is 0.00000182. The summed E-state index contributed by atoms with van der Waals surface area (Å²) in [6.45, 7) is 0.233. The largest absolute Gasteiger partial charge is 0.454 e. The summed E-state index contributed by atoms with van der Waals surface area (Å²) in [5, 5.41) is 2.85. The number of carbonyl (C=O) groups is 1. The minimum atomic E-state index is -0.198. The number of rotatable bonds is 3. The van der Waals surface area contributed by atoms with Gasteiger partial charge in [-0.15, -0.1) is 0 Å². The number of hydrogen-bond donors (Lipinski definition) is 1. The fourth-order valence-electron chi connectivity index (χ4n) is 2.52. The maximum atomic E-state index is 12.4. The van der Waals surface area contributed by atoms with Crippen molar-refractivity contribution in [1.82, 2.24) is 4.98 Å². The highest BCUT2D eigenvalue weighted by atomic mass is 16.7. The van der Waals surface area contributed by atoms with Gasteiger partial charge in [0.25, 0.3) is 5.91 Å². The van der Waals surface area contributed by atoms with E-state index < -0.39 is 0 Å². The molecule has 0 spiro atoms. The number of ether oxygens (including phenoxy) is 2. The van der Waals surface area contributed by atoms with E-state index in [9.17, 15) is 4.79 Å². The molecule has 1 aliphatic heterocycles. The van der Waals surface area contributed by atoms with Crippen LogP contribution in [-0.4, -0.2) is 17.7 Å². The smallest absolute Gasteiger partial charge is 0.257 e. The number of nitrogens with zero attached hydrogens (tertiary/aromatic N) is 1. The number of amides is 1. The lowest BCUT2D eigenvalue weighted by Crippen LogP contribution is -2.12. The number of hydrogen-bond acceptors (Lipinski definition) is 4. The van der Waals surface area contributed by atoms with Gasteiger partial charge in [-0.2, -0.15) is 0 Å². The lowest BCUT2D eigenvalue weighted by molar-refractivity contribution is 0.102. The predicted molar refractivity (Wildman–Crippen MR) is 96.9 cm³/mol. The van der Waals surface area contributed by atoms with Gasteiger partial charge in [0.15, 0.2) is 11.5 Å². The van der Waals surface area contributed by atoms with Gasteiger partial charge < -0.3 is 14.8 Å². The minimum absolute atomic E-state index is 0. The first-order valence-electron chi connectivity index (χ1n) is 7.51. The average Bonchev–Trinajstić information content (AvgIpc) is 3.10. The van der Waals surface area contributed by atoms with Crippen LogP contribution in [0.4, 0.5) is 5.69 Å². The van der Waals surface area contributed by atoms with Crippen LogP contribution in [0.25, 0.3) is 11.1 Å². The molecule has 0 bridgehead atoms. The molecule has 3 aromatic rings. The van der Waals surface area contributed by atoms with Crippen molar-refractivity contribution in [3.63, 3.8) is 0 Å². The summed E-state index contributed by atoms with van der Waals surface area (Å²) < 4.78 is 10.7. The topological polar surface area (TPSA) is 60.5 Å². The summed E-state index contributed by atoms with van der Waals surface area (Å²) in [6.07, 6.45) is 3.27. The zero-order chi connectivity index (χ0) is 16.4. The standard InChI is InChI=1S/C19H14N2O3.CH4/c22-19(21-16-4-2-1-3-5-16)15-8-14(10-20-11-15)13-6-7-17-18(9-13)24-12-23-17;/h1-11H,12H2,(H,21,22);1H4. The van der Waals surface area contributed by atoms with Crippen LogP contribution in [0.15, 0.2) is 67.0 Å². The first-order valence-corrected chi connectivity index (χ1v) is 7.51. The molecule has 4 rings (SSSR count). The van der Waals surface area contributed by atoms with Gasteiger partial charge in [0.05, 0.1) is 5.56 Å². The van der Waals surface area contributed by atoms with E-state index in [2.05, 4.69) is 10.3 Å². The van der Waals surface area contributed by atoms with Crippen LogP contribution in [0.5, 0.6) is 11.5 Å². The zero-order valence-corrected chi connectivity index (χ0v) is 12.7. The maximum absolute atomic E-state index is 12.4. The van der Waals surface area contributed by atoms with Gasteiger partial charge >= 0.3 is 0 Å².